The van der Waals surface area contributed by atoms with Gasteiger partial charge < -0.3 is 5.32 Å². The Kier molecular flexibility index (Phi) is 6.04. The van der Waals surface area contributed by atoms with Gasteiger partial charge in [-0.3, -0.25) is 9.59 Å². The molecule has 0 bridgehead atoms. The quantitative estimate of drug-likeness (QED) is 0.720. The summed E-state index contributed by atoms with van der Waals surface area (Å²) in [6.45, 7) is 6.57. The number of carbonyl (C=O) groups excluding carboxylic acids is 1. The van der Waals surface area contributed by atoms with Gasteiger partial charge in [-0.1, -0.05) is 36.4 Å². The number of hydrogen-bond donors (Lipinski definition) is 1. The van der Waals surface area contributed by atoms with E-state index in [9.17, 15) is 9.59 Å². The van der Waals surface area contributed by atoms with E-state index >= 15 is 0 Å². The standard InChI is InChI=1S/C23H25N3O2/c1-16-13-18(3)20(14-17(16)2)21-9-10-23(28)26(25-21)15-22(27)24-12-11-19-7-5-4-6-8-19/h4-10,13-14H,11-12,15H2,1-3H3,(H,24,27). The fraction of sp³-hybridized carbons (Fsp3) is 0.261. The van der Waals surface area contributed by atoms with Crippen molar-refractivity contribution in [1.29, 1.82) is 0 Å². The second-order valence-electron chi connectivity index (χ2n) is 7.05. The lowest BCUT2D eigenvalue weighted by Crippen LogP contribution is -2.34. The van der Waals surface area contributed by atoms with Gasteiger partial charge in [0.15, 0.2) is 0 Å². The summed E-state index contributed by atoms with van der Waals surface area (Å²) in [4.78, 5) is 24.4. The van der Waals surface area contributed by atoms with E-state index in [1.165, 1.54) is 21.9 Å². The molecule has 0 spiro atoms. The zero-order chi connectivity index (χ0) is 20.1. The minimum atomic E-state index is -0.288. The molecule has 0 radical (unpaired) electrons. The summed E-state index contributed by atoms with van der Waals surface area (Å²) in [6.07, 6.45) is 0.747. The van der Waals surface area contributed by atoms with Gasteiger partial charge in [-0.15, -0.1) is 0 Å². The van der Waals surface area contributed by atoms with Gasteiger partial charge in [0, 0.05) is 18.2 Å². The number of nitrogens with one attached hydrogen (secondary N) is 1. The molecule has 1 aromatic heterocycles. The molecule has 0 unspecified atom stereocenters. The number of nitrogens with zero attached hydrogens (tertiary/aromatic N) is 2. The average Bonchev–Trinajstić information content (AvgIpc) is 2.67. The minimum absolute atomic E-state index is 0.0919. The van der Waals surface area contributed by atoms with E-state index < -0.39 is 0 Å². The third-order valence-electron chi connectivity index (χ3n) is 4.86. The highest BCUT2D eigenvalue weighted by Crippen LogP contribution is 2.24. The molecule has 0 aliphatic rings. The Morgan fingerprint density at radius 2 is 1.68 bits per heavy atom. The van der Waals surface area contributed by atoms with E-state index in [0.717, 1.165) is 23.1 Å². The number of benzene rings is 2. The summed E-state index contributed by atoms with van der Waals surface area (Å²) < 4.78 is 1.22. The van der Waals surface area contributed by atoms with Gasteiger partial charge >= 0.3 is 0 Å². The van der Waals surface area contributed by atoms with Crippen molar-refractivity contribution < 1.29 is 4.79 Å². The van der Waals surface area contributed by atoms with Gasteiger partial charge in [0.05, 0.1) is 5.69 Å². The topological polar surface area (TPSA) is 64.0 Å². The third-order valence-corrected chi connectivity index (χ3v) is 4.86. The van der Waals surface area contributed by atoms with E-state index in [1.807, 2.05) is 37.3 Å². The summed E-state index contributed by atoms with van der Waals surface area (Å²) in [6, 6.07) is 17.3. The molecule has 5 heteroatoms. The van der Waals surface area contributed by atoms with Crippen LogP contribution in [0.25, 0.3) is 11.3 Å². The van der Waals surface area contributed by atoms with E-state index in [0.29, 0.717) is 12.2 Å². The molecule has 0 fully saturated rings. The highest BCUT2D eigenvalue weighted by atomic mass is 16.2. The first-order valence-electron chi connectivity index (χ1n) is 9.41. The summed E-state index contributed by atoms with van der Waals surface area (Å²) >= 11 is 0. The van der Waals surface area contributed by atoms with Crippen LogP contribution in [0, 0.1) is 20.8 Å². The van der Waals surface area contributed by atoms with E-state index in [1.54, 1.807) is 6.07 Å². The first-order chi connectivity index (χ1) is 13.4. The van der Waals surface area contributed by atoms with Gasteiger partial charge in [-0.05, 0) is 61.6 Å². The minimum Gasteiger partial charge on any atom is -0.354 e. The van der Waals surface area contributed by atoms with Crippen molar-refractivity contribution >= 4 is 5.91 Å². The van der Waals surface area contributed by atoms with Gasteiger partial charge in [0.2, 0.25) is 5.91 Å². The smallest absolute Gasteiger partial charge is 0.267 e. The fourth-order valence-corrected chi connectivity index (χ4v) is 3.13. The van der Waals surface area contributed by atoms with Crippen LogP contribution in [0.1, 0.15) is 22.3 Å². The van der Waals surface area contributed by atoms with Crippen molar-refractivity contribution in [3.05, 3.63) is 87.2 Å². The van der Waals surface area contributed by atoms with Crippen LogP contribution in [0.15, 0.2) is 59.4 Å². The van der Waals surface area contributed by atoms with Crippen molar-refractivity contribution in [2.75, 3.05) is 6.54 Å². The van der Waals surface area contributed by atoms with E-state index in [2.05, 4.69) is 36.4 Å². The summed E-state index contributed by atoms with van der Waals surface area (Å²) in [5, 5.41) is 7.28. The van der Waals surface area contributed by atoms with Crippen LogP contribution in [0.5, 0.6) is 0 Å². The average molecular weight is 375 g/mol. The first-order valence-corrected chi connectivity index (χ1v) is 9.41. The number of aryl methyl sites for hydroxylation is 3. The molecule has 3 rings (SSSR count). The lowest BCUT2D eigenvalue weighted by molar-refractivity contribution is -0.121. The fourth-order valence-electron chi connectivity index (χ4n) is 3.13. The lowest BCUT2D eigenvalue weighted by Gasteiger charge is -2.11. The maximum atomic E-state index is 12.3. The Hall–Kier alpha value is -3.21. The molecule has 0 aliphatic heterocycles. The molecule has 1 N–H and O–H groups in total. The highest BCUT2D eigenvalue weighted by molar-refractivity contribution is 5.75. The molecule has 3 aromatic rings. The van der Waals surface area contributed by atoms with Crippen LogP contribution < -0.4 is 10.9 Å². The molecule has 0 saturated heterocycles. The van der Waals surface area contributed by atoms with Crippen molar-refractivity contribution in [3.8, 4) is 11.3 Å². The molecular formula is C23H25N3O2. The van der Waals surface area contributed by atoms with Gasteiger partial charge in [0.25, 0.3) is 5.56 Å². The van der Waals surface area contributed by atoms with Crippen molar-refractivity contribution in [2.45, 2.75) is 33.7 Å². The molecule has 0 atom stereocenters. The molecular weight excluding hydrogens is 350 g/mol. The highest BCUT2D eigenvalue weighted by Gasteiger charge is 2.10. The molecule has 1 amide bonds. The number of aromatic nitrogens is 2. The monoisotopic (exact) mass is 375 g/mol. The Morgan fingerprint density at radius 1 is 0.964 bits per heavy atom. The molecule has 5 nitrogen and oxygen atoms in total. The summed E-state index contributed by atoms with van der Waals surface area (Å²) in [5.41, 5.74) is 6.01. The second kappa shape index (κ2) is 8.65. The molecule has 1 heterocycles. The number of carbonyl (C=O) groups is 1. The predicted molar refractivity (Wildman–Crippen MR) is 111 cm³/mol. The molecule has 0 saturated carbocycles. The van der Waals surface area contributed by atoms with Crippen LogP contribution in [-0.4, -0.2) is 22.2 Å². The second-order valence-corrected chi connectivity index (χ2v) is 7.05. The summed E-state index contributed by atoms with van der Waals surface area (Å²) in [5.74, 6) is -0.223. The SMILES string of the molecule is Cc1cc(C)c(-c2ccc(=O)n(CC(=O)NCCc3ccccc3)n2)cc1C. The van der Waals surface area contributed by atoms with Gasteiger partial charge in [0.1, 0.15) is 6.54 Å². The Labute approximate surface area is 165 Å². The molecule has 0 aliphatic carbocycles. The number of rotatable bonds is 6. The largest absolute Gasteiger partial charge is 0.354 e. The maximum Gasteiger partial charge on any atom is 0.267 e. The molecule has 28 heavy (non-hydrogen) atoms. The van der Waals surface area contributed by atoms with Crippen LogP contribution >= 0.6 is 0 Å². The van der Waals surface area contributed by atoms with Crippen LogP contribution in [0.2, 0.25) is 0 Å². The Bertz CT molecular complexity index is 1040. The first kappa shape index (κ1) is 19.5. The zero-order valence-corrected chi connectivity index (χ0v) is 16.5. The lowest BCUT2D eigenvalue weighted by atomic mass is 9.99. The van der Waals surface area contributed by atoms with Crippen molar-refractivity contribution in [3.63, 3.8) is 0 Å². The zero-order valence-electron chi connectivity index (χ0n) is 16.5. The molecule has 144 valence electrons. The van der Waals surface area contributed by atoms with Crippen molar-refractivity contribution in [2.24, 2.45) is 0 Å². The predicted octanol–water partition coefficient (Wildman–Crippen LogP) is 3.19. The third kappa shape index (κ3) is 4.74. The maximum absolute atomic E-state index is 12.3. The van der Waals surface area contributed by atoms with Crippen LogP contribution in [0.3, 0.4) is 0 Å². The van der Waals surface area contributed by atoms with Gasteiger partial charge in [-0.25, -0.2) is 4.68 Å². The van der Waals surface area contributed by atoms with Crippen LogP contribution in [-0.2, 0) is 17.8 Å². The van der Waals surface area contributed by atoms with Crippen LogP contribution in [0.4, 0.5) is 0 Å². The normalized spacial score (nSPS) is 10.7. The van der Waals surface area contributed by atoms with E-state index in [4.69, 9.17) is 0 Å². The van der Waals surface area contributed by atoms with E-state index in [-0.39, 0.29) is 18.0 Å². The summed E-state index contributed by atoms with van der Waals surface area (Å²) in [7, 11) is 0. The Balaban J connectivity index is 1.70. The Morgan fingerprint density at radius 3 is 2.43 bits per heavy atom. The number of amides is 1. The number of hydrogen-bond acceptors (Lipinski definition) is 3. The molecule has 2 aromatic carbocycles. The van der Waals surface area contributed by atoms with Gasteiger partial charge in [-0.2, -0.15) is 5.10 Å². The van der Waals surface area contributed by atoms with Crippen molar-refractivity contribution in [1.82, 2.24) is 15.1 Å².